The van der Waals surface area contributed by atoms with Gasteiger partial charge >= 0.3 is 0 Å². The number of hydrogen-bond donors (Lipinski definition) is 3. The van der Waals surface area contributed by atoms with Crippen molar-refractivity contribution in [2.24, 2.45) is 5.92 Å². The first-order valence-corrected chi connectivity index (χ1v) is 10.1. The molecule has 2 amide bonds. The summed E-state index contributed by atoms with van der Waals surface area (Å²) in [6.07, 6.45) is 0.559. The van der Waals surface area contributed by atoms with Crippen LogP contribution in [0.3, 0.4) is 0 Å². The number of imidazole rings is 1. The molecule has 0 saturated heterocycles. The summed E-state index contributed by atoms with van der Waals surface area (Å²) in [5, 5.41) is 6.03. The molecule has 3 N–H and O–H groups in total. The Labute approximate surface area is 180 Å². The maximum absolute atomic E-state index is 12.8. The van der Waals surface area contributed by atoms with Crippen molar-refractivity contribution in [1.82, 2.24) is 15.3 Å². The lowest BCUT2D eigenvalue weighted by molar-refractivity contribution is -0.126. The van der Waals surface area contributed by atoms with Crippen molar-refractivity contribution in [2.75, 3.05) is 12.4 Å². The van der Waals surface area contributed by atoms with Crippen molar-refractivity contribution in [1.29, 1.82) is 0 Å². The first-order valence-electron chi connectivity index (χ1n) is 9.73. The highest BCUT2D eigenvalue weighted by Crippen LogP contribution is 2.23. The van der Waals surface area contributed by atoms with Crippen molar-refractivity contribution in [3.05, 3.63) is 53.1 Å². The van der Waals surface area contributed by atoms with Crippen molar-refractivity contribution >= 4 is 40.4 Å². The molecule has 3 aromatic rings. The number of benzene rings is 2. The monoisotopic (exact) mass is 428 g/mol. The number of nitrogens with zero attached hydrogens (tertiary/aromatic N) is 1. The molecule has 1 heterocycles. The summed E-state index contributed by atoms with van der Waals surface area (Å²) in [4.78, 5) is 32.9. The molecule has 2 aromatic carbocycles. The molecule has 0 aliphatic rings. The zero-order valence-electron chi connectivity index (χ0n) is 17.2. The number of ether oxygens (including phenoxy) is 1. The lowest BCUT2D eigenvalue weighted by Crippen LogP contribution is -2.45. The van der Waals surface area contributed by atoms with Gasteiger partial charge in [0.2, 0.25) is 17.8 Å². The normalized spacial score (nSPS) is 12.0. The number of para-hydroxylation sites is 2. The Morgan fingerprint density at radius 1 is 1.20 bits per heavy atom. The number of carbonyl (C=O) groups excluding carboxylic acids is 2. The van der Waals surface area contributed by atoms with Gasteiger partial charge in [-0.15, -0.1) is 0 Å². The molecule has 0 aliphatic heterocycles. The van der Waals surface area contributed by atoms with Gasteiger partial charge in [0.1, 0.15) is 11.8 Å². The minimum Gasteiger partial charge on any atom is -0.497 e. The van der Waals surface area contributed by atoms with Crippen molar-refractivity contribution in [3.63, 3.8) is 0 Å². The Hall–Kier alpha value is -3.06. The van der Waals surface area contributed by atoms with Gasteiger partial charge in [-0.25, -0.2) is 4.98 Å². The van der Waals surface area contributed by atoms with Crippen LogP contribution in [0.4, 0.5) is 5.95 Å². The van der Waals surface area contributed by atoms with Crippen LogP contribution in [0.2, 0.25) is 5.02 Å². The van der Waals surface area contributed by atoms with E-state index in [-0.39, 0.29) is 24.2 Å². The standard InChI is InChI=1S/C22H25ClN4O3/c1-13(2)10-19(21(29)27-22-25-17-6-4-5-7-18(17)26-22)24-20(28)11-14-8-9-15(30-3)12-16(14)23/h4-9,12-13,19H,10-11H2,1-3H3,(H,24,28)(H2,25,26,27,29)/t19-/m0/s1. The molecule has 0 radical (unpaired) electrons. The molecule has 0 spiro atoms. The third-order valence-electron chi connectivity index (χ3n) is 4.60. The summed E-state index contributed by atoms with van der Waals surface area (Å²) >= 11 is 6.23. The summed E-state index contributed by atoms with van der Waals surface area (Å²) in [5.74, 6) is 0.570. The number of nitrogens with one attached hydrogen (secondary N) is 3. The van der Waals surface area contributed by atoms with Gasteiger partial charge < -0.3 is 15.0 Å². The largest absolute Gasteiger partial charge is 0.497 e. The fourth-order valence-electron chi connectivity index (χ4n) is 3.14. The van der Waals surface area contributed by atoms with E-state index in [1.165, 1.54) is 0 Å². The third-order valence-corrected chi connectivity index (χ3v) is 4.95. The lowest BCUT2D eigenvalue weighted by Gasteiger charge is -2.20. The summed E-state index contributed by atoms with van der Waals surface area (Å²) in [7, 11) is 1.55. The van der Waals surface area contributed by atoms with E-state index < -0.39 is 6.04 Å². The predicted octanol–water partition coefficient (Wildman–Crippen LogP) is 3.94. The van der Waals surface area contributed by atoms with E-state index in [4.69, 9.17) is 16.3 Å². The number of aromatic nitrogens is 2. The molecule has 8 heteroatoms. The van der Waals surface area contributed by atoms with E-state index in [1.54, 1.807) is 25.3 Å². The number of aromatic amines is 1. The van der Waals surface area contributed by atoms with E-state index in [0.29, 0.717) is 28.7 Å². The molecular weight excluding hydrogens is 404 g/mol. The fourth-order valence-corrected chi connectivity index (χ4v) is 3.37. The van der Waals surface area contributed by atoms with Gasteiger partial charge in [-0.2, -0.15) is 0 Å². The maximum Gasteiger partial charge on any atom is 0.249 e. The molecule has 1 atom stereocenters. The second kappa shape index (κ2) is 9.63. The van der Waals surface area contributed by atoms with Crippen molar-refractivity contribution in [2.45, 2.75) is 32.7 Å². The molecule has 0 bridgehead atoms. The molecule has 30 heavy (non-hydrogen) atoms. The van der Waals surface area contributed by atoms with Gasteiger partial charge in [0.05, 0.1) is 24.6 Å². The quantitative estimate of drug-likeness (QED) is 0.506. The van der Waals surface area contributed by atoms with Gasteiger partial charge in [-0.3, -0.25) is 14.9 Å². The summed E-state index contributed by atoms with van der Waals surface area (Å²) in [6, 6.07) is 11.9. The second-order valence-electron chi connectivity index (χ2n) is 7.48. The van der Waals surface area contributed by atoms with Crippen LogP contribution >= 0.6 is 11.6 Å². The van der Waals surface area contributed by atoms with E-state index in [0.717, 1.165) is 11.0 Å². The van der Waals surface area contributed by atoms with Gasteiger partial charge in [-0.1, -0.05) is 43.6 Å². The van der Waals surface area contributed by atoms with E-state index in [1.807, 2.05) is 38.1 Å². The van der Waals surface area contributed by atoms with E-state index in [9.17, 15) is 9.59 Å². The average Bonchev–Trinajstić information content (AvgIpc) is 3.10. The number of halogens is 1. The Balaban J connectivity index is 1.68. The molecule has 0 saturated carbocycles. The number of H-pyrrole nitrogens is 1. The number of fused-ring (bicyclic) bond motifs is 1. The molecule has 0 unspecified atom stereocenters. The van der Waals surface area contributed by atoms with Crippen LogP contribution in [-0.2, 0) is 16.0 Å². The van der Waals surface area contributed by atoms with Crippen molar-refractivity contribution in [3.8, 4) is 5.75 Å². The highest BCUT2D eigenvalue weighted by atomic mass is 35.5. The first kappa shape index (κ1) is 21.6. The third kappa shape index (κ3) is 5.51. The number of carbonyl (C=O) groups is 2. The van der Waals surface area contributed by atoms with Gasteiger partial charge in [0, 0.05) is 5.02 Å². The second-order valence-corrected chi connectivity index (χ2v) is 7.88. The first-order chi connectivity index (χ1) is 14.4. The number of anilines is 1. The maximum atomic E-state index is 12.8. The van der Waals surface area contributed by atoms with Crippen LogP contribution < -0.4 is 15.4 Å². The molecule has 0 aliphatic carbocycles. The molecule has 0 fully saturated rings. The zero-order chi connectivity index (χ0) is 21.7. The Morgan fingerprint density at radius 2 is 1.97 bits per heavy atom. The smallest absolute Gasteiger partial charge is 0.249 e. The van der Waals surface area contributed by atoms with Gasteiger partial charge in [0.15, 0.2) is 0 Å². The fraction of sp³-hybridized carbons (Fsp3) is 0.318. The minimum atomic E-state index is -0.692. The SMILES string of the molecule is COc1ccc(CC(=O)N[C@@H](CC(C)C)C(=O)Nc2nc3ccccc3[nH]2)c(Cl)c1. The average molecular weight is 429 g/mol. The molecule has 158 valence electrons. The molecular formula is C22H25ClN4O3. The minimum absolute atomic E-state index is 0.0648. The van der Waals surface area contributed by atoms with E-state index >= 15 is 0 Å². The van der Waals surface area contributed by atoms with E-state index in [2.05, 4.69) is 20.6 Å². The number of methoxy groups -OCH3 is 1. The summed E-state index contributed by atoms with van der Waals surface area (Å²) in [6.45, 7) is 3.99. The Kier molecular flexibility index (Phi) is 6.95. The highest BCUT2D eigenvalue weighted by molar-refractivity contribution is 6.31. The topological polar surface area (TPSA) is 96.1 Å². The Bertz CT molecular complexity index is 1010. The number of amides is 2. The number of rotatable bonds is 8. The zero-order valence-corrected chi connectivity index (χ0v) is 17.9. The molecule has 1 aromatic heterocycles. The summed E-state index contributed by atoms with van der Waals surface area (Å²) in [5.41, 5.74) is 2.24. The lowest BCUT2D eigenvalue weighted by atomic mass is 10.0. The van der Waals surface area contributed by atoms with Crippen molar-refractivity contribution < 1.29 is 14.3 Å². The van der Waals surface area contributed by atoms with Crippen LogP contribution in [0.1, 0.15) is 25.8 Å². The highest BCUT2D eigenvalue weighted by Gasteiger charge is 2.23. The van der Waals surface area contributed by atoms with Crippen LogP contribution in [0.5, 0.6) is 5.75 Å². The van der Waals surface area contributed by atoms with Crippen LogP contribution in [0, 0.1) is 5.92 Å². The van der Waals surface area contributed by atoms with Crippen LogP contribution in [-0.4, -0.2) is 34.9 Å². The molecule has 7 nitrogen and oxygen atoms in total. The van der Waals surface area contributed by atoms with Gasteiger partial charge in [-0.05, 0) is 42.2 Å². The number of hydrogen-bond acceptors (Lipinski definition) is 4. The Morgan fingerprint density at radius 3 is 2.63 bits per heavy atom. The predicted molar refractivity (Wildman–Crippen MR) is 118 cm³/mol. The molecule has 3 rings (SSSR count). The summed E-state index contributed by atoms with van der Waals surface area (Å²) < 4.78 is 5.13. The van der Waals surface area contributed by atoms with Crippen LogP contribution in [0.25, 0.3) is 11.0 Å². The van der Waals surface area contributed by atoms with Gasteiger partial charge in [0.25, 0.3) is 0 Å². The van der Waals surface area contributed by atoms with Crippen LogP contribution in [0.15, 0.2) is 42.5 Å².